The van der Waals surface area contributed by atoms with E-state index in [2.05, 4.69) is 39.6 Å². The Kier molecular flexibility index (Phi) is 4.81. The quantitative estimate of drug-likeness (QED) is 0.798. The monoisotopic (exact) mass is 227 g/mol. The molecule has 0 amide bonds. The second-order valence-electron chi connectivity index (χ2n) is 6.70. The Morgan fingerprint density at radius 1 is 1.38 bits per heavy atom. The molecule has 1 fully saturated rings. The molecule has 0 radical (unpaired) electrons. The standard InChI is InChI=1S/C14H29NO/c1-11(2)7-9-15(5)12-10-14(3,4)8-6-13(12)16/h11-13,16H,6-10H2,1-5H3. The zero-order valence-corrected chi connectivity index (χ0v) is 11.7. The van der Waals surface area contributed by atoms with E-state index < -0.39 is 0 Å². The van der Waals surface area contributed by atoms with Gasteiger partial charge in [-0.15, -0.1) is 0 Å². The average molecular weight is 227 g/mol. The van der Waals surface area contributed by atoms with Gasteiger partial charge >= 0.3 is 0 Å². The molecule has 2 unspecified atom stereocenters. The highest BCUT2D eigenvalue weighted by Gasteiger charge is 2.35. The van der Waals surface area contributed by atoms with Crippen LogP contribution in [0, 0.1) is 11.3 Å². The second-order valence-corrected chi connectivity index (χ2v) is 6.70. The number of hydrogen-bond donors (Lipinski definition) is 1. The smallest absolute Gasteiger partial charge is 0.0695 e. The van der Waals surface area contributed by atoms with Gasteiger partial charge in [-0.25, -0.2) is 0 Å². The molecular formula is C14H29NO. The van der Waals surface area contributed by atoms with Crippen LogP contribution in [0.3, 0.4) is 0 Å². The highest BCUT2D eigenvalue weighted by atomic mass is 16.3. The van der Waals surface area contributed by atoms with Crippen LogP contribution in [-0.4, -0.2) is 35.7 Å². The van der Waals surface area contributed by atoms with Crippen molar-refractivity contribution in [3.63, 3.8) is 0 Å². The first kappa shape index (κ1) is 14.0. The van der Waals surface area contributed by atoms with Crippen LogP contribution in [-0.2, 0) is 0 Å². The molecule has 16 heavy (non-hydrogen) atoms. The van der Waals surface area contributed by atoms with Crippen LogP contribution >= 0.6 is 0 Å². The number of aliphatic hydroxyl groups excluding tert-OH is 1. The molecule has 1 rings (SSSR count). The molecule has 2 heteroatoms. The van der Waals surface area contributed by atoms with Crippen molar-refractivity contribution in [3.8, 4) is 0 Å². The van der Waals surface area contributed by atoms with E-state index in [1.165, 1.54) is 6.42 Å². The fraction of sp³-hybridized carbons (Fsp3) is 1.00. The maximum Gasteiger partial charge on any atom is 0.0695 e. The molecule has 96 valence electrons. The van der Waals surface area contributed by atoms with Crippen molar-refractivity contribution < 1.29 is 5.11 Å². The predicted molar refractivity (Wildman–Crippen MR) is 69.5 cm³/mol. The minimum Gasteiger partial charge on any atom is -0.391 e. The van der Waals surface area contributed by atoms with Crippen LogP contribution in [0.25, 0.3) is 0 Å². The highest BCUT2D eigenvalue weighted by Crippen LogP contribution is 2.37. The van der Waals surface area contributed by atoms with Crippen molar-refractivity contribution >= 4 is 0 Å². The van der Waals surface area contributed by atoms with Gasteiger partial charge in [0.25, 0.3) is 0 Å². The van der Waals surface area contributed by atoms with Crippen LogP contribution in [0.1, 0.15) is 53.4 Å². The van der Waals surface area contributed by atoms with Crippen molar-refractivity contribution in [2.24, 2.45) is 11.3 Å². The lowest BCUT2D eigenvalue weighted by Gasteiger charge is -2.43. The average Bonchev–Trinajstić information content (AvgIpc) is 2.18. The van der Waals surface area contributed by atoms with Gasteiger partial charge in [0.15, 0.2) is 0 Å². The summed E-state index contributed by atoms with van der Waals surface area (Å²) in [5.41, 5.74) is 0.399. The lowest BCUT2D eigenvalue weighted by atomic mass is 9.73. The SMILES string of the molecule is CC(C)CCN(C)C1CC(C)(C)CCC1O. The molecule has 1 aliphatic carbocycles. The second kappa shape index (κ2) is 5.50. The number of hydrogen-bond acceptors (Lipinski definition) is 2. The normalized spacial score (nSPS) is 30.0. The molecule has 2 atom stereocenters. The molecule has 0 aliphatic heterocycles. The molecule has 1 aliphatic rings. The third-order valence-corrected chi connectivity index (χ3v) is 3.95. The van der Waals surface area contributed by atoms with Crippen molar-refractivity contribution in [1.29, 1.82) is 0 Å². The van der Waals surface area contributed by atoms with Gasteiger partial charge in [-0.05, 0) is 50.6 Å². The third-order valence-electron chi connectivity index (χ3n) is 3.95. The Morgan fingerprint density at radius 3 is 2.56 bits per heavy atom. The minimum absolute atomic E-state index is 0.120. The van der Waals surface area contributed by atoms with Crippen molar-refractivity contribution in [1.82, 2.24) is 4.90 Å². The molecule has 0 heterocycles. The maximum atomic E-state index is 10.1. The van der Waals surface area contributed by atoms with Gasteiger partial charge in [0.05, 0.1) is 6.10 Å². The molecule has 0 bridgehead atoms. The minimum atomic E-state index is -0.120. The molecule has 0 aromatic carbocycles. The van der Waals surface area contributed by atoms with E-state index in [-0.39, 0.29) is 6.10 Å². The van der Waals surface area contributed by atoms with Crippen molar-refractivity contribution in [2.45, 2.75) is 65.5 Å². The summed E-state index contributed by atoms with van der Waals surface area (Å²) < 4.78 is 0. The van der Waals surface area contributed by atoms with E-state index in [0.29, 0.717) is 11.5 Å². The molecule has 0 aromatic heterocycles. The summed E-state index contributed by atoms with van der Waals surface area (Å²) in [6.07, 6.45) is 4.35. The van der Waals surface area contributed by atoms with Crippen LogP contribution < -0.4 is 0 Å². The Labute approximate surface area is 101 Å². The fourth-order valence-corrected chi connectivity index (χ4v) is 2.61. The molecule has 2 nitrogen and oxygen atoms in total. The number of rotatable bonds is 4. The van der Waals surface area contributed by atoms with E-state index in [1.54, 1.807) is 0 Å². The van der Waals surface area contributed by atoms with Crippen LogP contribution in [0.2, 0.25) is 0 Å². The Morgan fingerprint density at radius 2 is 2.00 bits per heavy atom. The molecule has 0 saturated heterocycles. The van der Waals surface area contributed by atoms with E-state index in [1.807, 2.05) is 0 Å². The van der Waals surface area contributed by atoms with Gasteiger partial charge in [0.1, 0.15) is 0 Å². The largest absolute Gasteiger partial charge is 0.391 e. The summed E-state index contributed by atoms with van der Waals surface area (Å²) in [6, 6.07) is 0.363. The first-order valence-electron chi connectivity index (χ1n) is 6.70. The van der Waals surface area contributed by atoms with Gasteiger partial charge in [0.2, 0.25) is 0 Å². The van der Waals surface area contributed by atoms with E-state index in [9.17, 15) is 5.11 Å². The van der Waals surface area contributed by atoms with Gasteiger partial charge in [-0.2, -0.15) is 0 Å². The Hall–Kier alpha value is -0.0800. The van der Waals surface area contributed by atoms with Gasteiger partial charge < -0.3 is 10.0 Å². The molecule has 0 aromatic rings. The number of likely N-dealkylation sites (N-methyl/N-ethyl adjacent to an activating group) is 1. The summed E-state index contributed by atoms with van der Waals surface area (Å²) in [6.45, 7) is 10.3. The molecular weight excluding hydrogens is 198 g/mol. The summed E-state index contributed by atoms with van der Waals surface area (Å²) in [4.78, 5) is 2.37. The lowest BCUT2D eigenvalue weighted by molar-refractivity contribution is -0.00844. The predicted octanol–water partition coefficient (Wildman–Crippen LogP) is 2.90. The first-order valence-corrected chi connectivity index (χ1v) is 6.70. The number of nitrogens with zero attached hydrogens (tertiary/aromatic N) is 1. The van der Waals surface area contributed by atoms with Crippen molar-refractivity contribution in [2.75, 3.05) is 13.6 Å². The maximum absolute atomic E-state index is 10.1. The van der Waals surface area contributed by atoms with Crippen LogP contribution in [0.4, 0.5) is 0 Å². The topological polar surface area (TPSA) is 23.5 Å². The van der Waals surface area contributed by atoms with E-state index >= 15 is 0 Å². The van der Waals surface area contributed by atoms with E-state index in [0.717, 1.165) is 31.7 Å². The summed E-state index contributed by atoms with van der Waals surface area (Å²) in [5.74, 6) is 0.746. The lowest BCUT2D eigenvalue weighted by Crippen LogP contribution is -2.48. The van der Waals surface area contributed by atoms with Gasteiger partial charge in [-0.1, -0.05) is 27.7 Å². The van der Waals surface area contributed by atoms with Crippen molar-refractivity contribution in [3.05, 3.63) is 0 Å². The summed E-state index contributed by atoms with van der Waals surface area (Å²) in [7, 11) is 2.16. The van der Waals surface area contributed by atoms with Crippen LogP contribution in [0.15, 0.2) is 0 Å². The fourth-order valence-electron chi connectivity index (χ4n) is 2.61. The van der Waals surface area contributed by atoms with E-state index in [4.69, 9.17) is 0 Å². The highest BCUT2D eigenvalue weighted by molar-refractivity contribution is 4.89. The summed E-state index contributed by atoms with van der Waals surface area (Å²) >= 11 is 0. The summed E-state index contributed by atoms with van der Waals surface area (Å²) in [5, 5.41) is 10.1. The zero-order valence-electron chi connectivity index (χ0n) is 11.7. The Balaban J connectivity index is 2.49. The van der Waals surface area contributed by atoms with Gasteiger partial charge in [-0.3, -0.25) is 0 Å². The zero-order chi connectivity index (χ0) is 12.3. The Bertz CT molecular complexity index is 213. The van der Waals surface area contributed by atoms with Gasteiger partial charge in [0, 0.05) is 6.04 Å². The third kappa shape index (κ3) is 4.06. The number of aliphatic hydroxyl groups is 1. The molecule has 1 saturated carbocycles. The van der Waals surface area contributed by atoms with Crippen LogP contribution in [0.5, 0.6) is 0 Å². The first-order chi connectivity index (χ1) is 7.32. The molecule has 0 spiro atoms. The molecule has 1 N–H and O–H groups in total.